The molecule has 30 heavy (non-hydrogen) atoms. The minimum Gasteiger partial charge on any atom is -0.496 e. The maximum Gasteiger partial charge on any atom is 0.191 e. The number of aromatic nitrogens is 2. The van der Waals surface area contributed by atoms with Gasteiger partial charge in [0.25, 0.3) is 0 Å². The third kappa shape index (κ3) is 5.73. The number of methoxy groups -OCH3 is 1. The molecule has 0 aliphatic rings. The molecule has 0 amide bonds. The van der Waals surface area contributed by atoms with Crippen LogP contribution >= 0.6 is 0 Å². The third-order valence-electron chi connectivity index (χ3n) is 4.91. The first-order chi connectivity index (χ1) is 14.7. The highest BCUT2D eigenvalue weighted by molar-refractivity contribution is 5.79. The maximum absolute atomic E-state index is 5.75. The average molecular weight is 410 g/mol. The van der Waals surface area contributed by atoms with Crippen LogP contribution in [-0.2, 0) is 17.9 Å². The van der Waals surface area contributed by atoms with Gasteiger partial charge in [-0.1, -0.05) is 30.3 Å². The van der Waals surface area contributed by atoms with E-state index in [1.54, 1.807) is 14.2 Å². The second-order valence-electron chi connectivity index (χ2n) is 6.94. The Morgan fingerprint density at radius 2 is 1.83 bits per heavy atom. The fraction of sp³-hybridized carbons (Fsp3) is 0.391. The van der Waals surface area contributed by atoms with Gasteiger partial charge in [0, 0.05) is 32.2 Å². The maximum atomic E-state index is 5.75. The summed E-state index contributed by atoms with van der Waals surface area (Å²) in [5, 5.41) is 6.64. The number of para-hydroxylation sites is 3. The standard InChI is InChI=1S/C23H31N5O2/c1-18-27-20-10-5-6-11-21(20)28(18)15-8-13-25-23(24-2)26-14-16-30-17-19-9-4-7-12-22(19)29-3/h4-7,9-12H,8,13-17H2,1-3H3,(H2,24,25,26). The molecular formula is C23H31N5O2. The molecule has 7 heteroatoms. The van der Waals surface area contributed by atoms with Crippen molar-refractivity contribution in [2.75, 3.05) is 33.9 Å². The molecule has 0 spiro atoms. The van der Waals surface area contributed by atoms with Crippen LogP contribution in [0, 0.1) is 6.92 Å². The summed E-state index contributed by atoms with van der Waals surface area (Å²) >= 11 is 0. The van der Waals surface area contributed by atoms with E-state index in [4.69, 9.17) is 9.47 Å². The molecule has 0 aliphatic heterocycles. The molecule has 2 N–H and O–H groups in total. The van der Waals surface area contributed by atoms with Gasteiger partial charge in [-0.2, -0.15) is 0 Å². The Balaban J connectivity index is 1.34. The van der Waals surface area contributed by atoms with E-state index in [1.165, 1.54) is 5.52 Å². The van der Waals surface area contributed by atoms with Crippen molar-refractivity contribution in [3.63, 3.8) is 0 Å². The lowest BCUT2D eigenvalue weighted by Crippen LogP contribution is -2.39. The van der Waals surface area contributed by atoms with E-state index in [9.17, 15) is 0 Å². The monoisotopic (exact) mass is 409 g/mol. The lowest BCUT2D eigenvalue weighted by molar-refractivity contribution is 0.123. The summed E-state index contributed by atoms with van der Waals surface area (Å²) in [6, 6.07) is 16.1. The Hall–Kier alpha value is -3.06. The molecule has 0 radical (unpaired) electrons. The highest BCUT2D eigenvalue weighted by atomic mass is 16.5. The molecule has 0 unspecified atom stereocenters. The molecule has 0 saturated heterocycles. The molecule has 1 heterocycles. The number of imidazole rings is 1. The van der Waals surface area contributed by atoms with Gasteiger partial charge in [-0.05, 0) is 31.5 Å². The van der Waals surface area contributed by atoms with Crippen LogP contribution in [0.15, 0.2) is 53.5 Å². The SMILES string of the molecule is CN=C(NCCCn1c(C)nc2ccccc21)NCCOCc1ccccc1OC. The molecule has 3 aromatic rings. The second kappa shape index (κ2) is 11.2. The number of aliphatic imine (C=N–C) groups is 1. The number of nitrogens with zero attached hydrogens (tertiary/aromatic N) is 3. The summed E-state index contributed by atoms with van der Waals surface area (Å²) in [4.78, 5) is 8.89. The third-order valence-corrected chi connectivity index (χ3v) is 4.91. The first kappa shape index (κ1) is 21.6. The number of nitrogens with one attached hydrogen (secondary N) is 2. The Bertz CT molecular complexity index is 967. The van der Waals surface area contributed by atoms with E-state index >= 15 is 0 Å². The summed E-state index contributed by atoms with van der Waals surface area (Å²) < 4.78 is 13.4. The number of guanidine groups is 1. The number of ether oxygens (including phenoxy) is 2. The van der Waals surface area contributed by atoms with Gasteiger partial charge >= 0.3 is 0 Å². The zero-order valence-electron chi connectivity index (χ0n) is 18.0. The van der Waals surface area contributed by atoms with Gasteiger partial charge in [0.15, 0.2) is 5.96 Å². The van der Waals surface area contributed by atoms with Gasteiger partial charge in [0.05, 0.1) is 31.4 Å². The summed E-state index contributed by atoms with van der Waals surface area (Å²) in [6.07, 6.45) is 0.978. The molecule has 0 aliphatic carbocycles. The largest absolute Gasteiger partial charge is 0.496 e. The van der Waals surface area contributed by atoms with Crippen LogP contribution in [0.25, 0.3) is 11.0 Å². The van der Waals surface area contributed by atoms with Crippen LogP contribution in [0.4, 0.5) is 0 Å². The van der Waals surface area contributed by atoms with Crippen molar-refractivity contribution in [1.82, 2.24) is 20.2 Å². The van der Waals surface area contributed by atoms with Crippen molar-refractivity contribution < 1.29 is 9.47 Å². The van der Waals surface area contributed by atoms with Gasteiger partial charge in [0.2, 0.25) is 0 Å². The van der Waals surface area contributed by atoms with Crippen LogP contribution in [-0.4, -0.2) is 49.4 Å². The van der Waals surface area contributed by atoms with Crippen LogP contribution in [0.1, 0.15) is 17.8 Å². The van der Waals surface area contributed by atoms with E-state index in [0.717, 1.165) is 48.1 Å². The molecule has 7 nitrogen and oxygen atoms in total. The summed E-state index contributed by atoms with van der Waals surface area (Å²) in [6.45, 7) is 5.58. The predicted octanol–water partition coefficient (Wildman–Crippen LogP) is 3.13. The van der Waals surface area contributed by atoms with Crippen molar-refractivity contribution in [2.45, 2.75) is 26.5 Å². The average Bonchev–Trinajstić information content (AvgIpc) is 3.10. The molecule has 3 rings (SSSR count). The number of benzene rings is 2. The fourth-order valence-electron chi connectivity index (χ4n) is 3.39. The summed E-state index contributed by atoms with van der Waals surface area (Å²) in [5.41, 5.74) is 3.28. The normalized spacial score (nSPS) is 11.6. The summed E-state index contributed by atoms with van der Waals surface area (Å²) in [5.74, 6) is 2.68. The number of rotatable bonds is 10. The van der Waals surface area contributed by atoms with Crippen LogP contribution < -0.4 is 15.4 Å². The molecule has 160 valence electrons. The Kier molecular flexibility index (Phi) is 8.09. The number of fused-ring (bicyclic) bond motifs is 1. The first-order valence-corrected chi connectivity index (χ1v) is 10.3. The van der Waals surface area contributed by atoms with Crippen LogP contribution in [0.3, 0.4) is 0 Å². The van der Waals surface area contributed by atoms with E-state index in [-0.39, 0.29) is 0 Å². The van der Waals surface area contributed by atoms with E-state index in [1.807, 2.05) is 30.3 Å². The van der Waals surface area contributed by atoms with Crippen molar-refractivity contribution in [2.24, 2.45) is 4.99 Å². The van der Waals surface area contributed by atoms with Crippen LogP contribution in [0.5, 0.6) is 5.75 Å². The van der Waals surface area contributed by atoms with Gasteiger partial charge < -0.3 is 24.7 Å². The molecule has 0 fully saturated rings. The van der Waals surface area contributed by atoms with Crippen molar-refractivity contribution >= 4 is 17.0 Å². The number of aryl methyl sites for hydroxylation is 2. The lowest BCUT2D eigenvalue weighted by Gasteiger charge is -2.13. The van der Waals surface area contributed by atoms with Crippen LogP contribution in [0.2, 0.25) is 0 Å². The highest BCUT2D eigenvalue weighted by Crippen LogP contribution is 2.18. The fourth-order valence-corrected chi connectivity index (χ4v) is 3.39. The predicted molar refractivity (Wildman–Crippen MR) is 121 cm³/mol. The number of hydrogen-bond donors (Lipinski definition) is 2. The highest BCUT2D eigenvalue weighted by Gasteiger charge is 2.06. The van der Waals surface area contributed by atoms with Crippen molar-refractivity contribution in [1.29, 1.82) is 0 Å². The molecule has 0 saturated carbocycles. The van der Waals surface area contributed by atoms with Crippen molar-refractivity contribution in [3.05, 3.63) is 59.9 Å². The zero-order chi connectivity index (χ0) is 21.2. The first-order valence-electron chi connectivity index (χ1n) is 10.3. The van der Waals surface area contributed by atoms with E-state index in [0.29, 0.717) is 19.8 Å². The lowest BCUT2D eigenvalue weighted by atomic mass is 10.2. The minimum atomic E-state index is 0.524. The molecule has 0 bridgehead atoms. The quantitative estimate of drug-likeness (QED) is 0.306. The Morgan fingerprint density at radius 3 is 2.67 bits per heavy atom. The van der Waals surface area contributed by atoms with Gasteiger partial charge in [0.1, 0.15) is 11.6 Å². The van der Waals surface area contributed by atoms with Gasteiger partial charge in [-0.25, -0.2) is 4.98 Å². The molecule has 2 aromatic carbocycles. The summed E-state index contributed by atoms with van der Waals surface area (Å²) in [7, 11) is 3.45. The van der Waals surface area contributed by atoms with Crippen molar-refractivity contribution in [3.8, 4) is 5.75 Å². The zero-order valence-corrected chi connectivity index (χ0v) is 18.0. The molecular weight excluding hydrogens is 378 g/mol. The number of hydrogen-bond acceptors (Lipinski definition) is 4. The Morgan fingerprint density at radius 1 is 1.07 bits per heavy atom. The topological polar surface area (TPSA) is 72.7 Å². The molecule has 1 aromatic heterocycles. The molecule has 0 atom stereocenters. The van der Waals surface area contributed by atoms with E-state index in [2.05, 4.69) is 50.3 Å². The smallest absolute Gasteiger partial charge is 0.191 e. The van der Waals surface area contributed by atoms with Gasteiger partial charge in [-0.3, -0.25) is 4.99 Å². The van der Waals surface area contributed by atoms with E-state index < -0.39 is 0 Å². The van der Waals surface area contributed by atoms with Gasteiger partial charge in [-0.15, -0.1) is 0 Å². The Labute approximate surface area is 178 Å². The minimum absolute atomic E-state index is 0.524. The second-order valence-corrected chi connectivity index (χ2v) is 6.94.